The smallest absolute Gasteiger partial charge is 0.303 e. The van der Waals surface area contributed by atoms with E-state index in [1.165, 1.54) is 24.3 Å². The predicted octanol–water partition coefficient (Wildman–Crippen LogP) is 0.0120. The largest absolute Gasteiger partial charge is 0.455 e. The molecule has 1 aromatic rings. The Morgan fingerprint density at radius 2 is 1.58 bits per heavy atom. The van der Waals surface area contributed by atoms with Crippen molar-refractivity contribution in [1.29, 1.82) is 0 Å². The van der Waals surface area contributed by atoms with Gasteiger partial charge in [0, 0.05) is 38.6 Å². The van der Waals surface area contributed by atoms with Gasteiger partial charge in [0.1, 0.15) is 6.10 Å². The summed E-state index contributed by atoms with van der Waals surface area (Å²) in [5.74, 6) is -3.44. The van der Waals surface area contributed by atoms with Crippen molar-refractivity contribution in [2.75, 3.05) is 5.32 Å². The van der Waals surface area contributed by atoms with Gasteiger partial charge in [0.25, 0.3) is 11.6 Å². The summed E-state index contributed by atoms with van der Waals surface area (Å²) in [5, 5.41) is 13.7. The summed E-state index contributed by atoms with van der Waals surface area (Å²) in [5.41, 5.74) is 5.49. The summed E-state index contributed by atoms with van der Waals surface area (Å²) in [6.45, 7) is 3.24. The first kappa shape index (κ1) is 23.5. The summed E-state index contributed by atoms with van der Waals surface area (Å²) in [7, 11) is 0. The van der Waals surface area contributed by atoms with E-state index in [9.17, 15) is 29.3 Å². The standard InChI is InChI=1S/C18H21N3O10/c1-8(22)28-14-13(15(17(19)25)29-9(2)23)31-18(16(14)30-10(3)24)20-11-4-6-12(7-5-11)21(26)27/h4-7,13-16,18,20H,1-3H3,(H2,19,25)/t13-,14-,15-,16+,18?/m0/s1. The number of carbonyl (C=O) groups is 4. The molecule has 1 aliphatic heterocycles. The van der Waals surface area contributed by atoms with E-state index < -0.39 is 59.4 Å². The third kappa shape index (κ3) is 6.12. The number of nitrogens with one attached hydrogen (secondary N) is 1. The first-order valence-electron chi connectivity index (χ1n) is 8.97. The Labute approximate surface area is 175 Å². The van der Waals surface area contributed by atoms with Gasteiger partial charge in [-0.3, -0.25) is 29.3 Å². The molecular formula is C18H21N3O10. The minimum absolute atomic E-state index is 0.159. The number of primary amides is 1. The summed E-state index contributed by atoms with van der Waals surface area (Å²) >= 11 is 0. The fraction of sp³-hybridized carbons (Fsp3) is 0.444. The molecule has 5 atom stereocenters. The lowest BCUT2D eigenvalue weighted by Crippen LogP contribution is -2.50. The van der Waals surface area contributed by atoms with E-state index in [-0.39, 0.29) is 5.69 Å². The van der Waals surface area contributed by atoms with Crippen molar-refractivity contribution < 1.29 is 43.0 Å². The molecule has 1 aromatic carbocycles. The molecule has 0 radical (unpaired) electrons. The molecule has 1 fully saturated rings. The highest BCUT2D eigenvalue weighted by Gasteiger charge is 2.54. The molecule has 0 saturated carbocycles. The second-order valence-corrected chi connectivity index (χ2v) is 6.55. The number of benzene rings is 1. The van der Waals surface area contributed by atoms with Crippen molar-refractivity contribution in [3.63, 3.8) is 0 Å². The van der Waals surface area contributed by atoms with Gasteiger partial charge in [-0.15, -0.1) is 0 Å². The Bertz CT molecular complexity index is 872. The van der Waals surface area contributed by atoms with Crippen molar-refractivity contribution in [2.24, 2.45) is 5.73 Å². The Kier molecular flexibility index (Phi) is 7.47. The van der Waals surface area contributed by atoms with Crippen LogP contribution in [-0.4, -0.2) is 59.4 Å². The highest BCUT2D eigenvalue weighted by molar-refractivity contribution is 5.82. The Morgan fingerprint density at radius 3 is 2.03 bits per heavy atom. The summed E-state index contributed by atoms with van der Waals surface area (Å²) in [6, 6.07) is 5.20. The van der Waals surface area contributed by atoms with Crippen LogP contribution in [0.15, 0.2) is 24.3 Å². The topological polar surface area (TPSA) is 186 Å². The quantitative estimate of drug-likeness (QED) is 0.240. The summed E-state index contributed by atoms with van der Waals surface area (Å²) in [6.07, 6.45) is -6.85. The second kappa shape index (κ2) is 9.84. The maximum absolute atomic E-state index is 11.9. The maximum atomic E-state index is 11.9. The molecule has 0 spiro atoms. The molecule has 1 aliphatic rings. The van der Waals surface area contributed by atoms with Gasteiger partial charge in [0.05, 0.1) is 4.92 Å². The van der Waals surface area contributed by atoms with E-state index in [1.807, 2.05) is 0 Å². The predicted molar refractivity (Wildman–Crippen MR) is 101 cm³/mol. The third-order valence-corrected chi connectivity index (χ3v) is 4.11. The number of anilines is 1. The van der Waals surface area contributed by atoms with Gasteiger partial charge in [-0.05, 0) is 12.1 Å². The third-order valence-electron chi connectivity index (χ3n) is 4.11. The van der Waals surface area contributed by atoms with E-state index in [4.69, 9.17) is 24.7 Å². The Hall–Kier alpha value is -3.74. The zero-order valence-electron chi connectivity index (χ0n) is 16.8. The molecule has 2 rings (SSSR count). The number of ether oxygens (including phenoxy) is 4. The summed E-state index contributed by atoms with van der Waals surface area (Å²) < 4.78 is 21.1. The average molecular weight is 439 g/mol. The van der Waals surface area contributed by atoms with Gasteiger partial charge in [-0.25, -0.2) is 0 Å². The van der Waals surface area contributed by atoms with Crippen LogP contribution in [0.1, 0.15) is 20.8 Å². The van der Waals surface area contributed by atoms with E-state index in [0.29, 0.717) is 5.69 Å². The molecule has 1 saturated heterocycles. The van der Waals surface area contributed by atoms with Crippen molar-refractivity contribution in [3.8, 4) is 0 Å². The molecule has 3 N–H and O–H groups in total. The van der Waals surface area contributed by atoms with Gasteiger partial charge in [-0.2, -0.15) is 0 Å². The highest BCUT2D eigenvalue weighted by atomic mass is 16.7. The maximum Gasteiger partial charge on any atom is 0.303 e. The highest BCUT2D eigenvalue weighted by Crippen LogP contribution is 2.31. The molecular weight excluding hydrogens is 418 g/mol. The molecule has 0 aliphatic carbocycles. The lowest BCUT2D eigenvalue weighted by atomic mass is 10.0. The molecule has 168 valence electrons. The molecule has 31 heavy (non-hydrogen) atoms. The van der Waals surface area contributed by atoms with Crippen molar-refractivity contribution in [3.05, 3.63) is 34.4 Å². The number of nitro benzene ring substituents is 1. The molecule has 13 nitrogen and oxygen atoms in total. The minimum atomic E-state index is -1.65. The van der Waals surface area contributed by atoms with Crippen LogP contribution in [0.4, 0.5) is 11.4 Å². The van der Waals surface area contributed by atoms with Gasteiger partial charge in [0.2, 0.25) is 6.10 Å². The van der Waals surface area contributed by atoms with Gasteiger partial charge < -0.3 is 30.0 Å². The number of non-ortho nitro benzene ring substituents is 1. The van der Waals surface area contributed by atoms with Crippen LogP contribution in [0.3, 0.4) is 0 Å². The van der Waals surface area contributed by atoms with Crippen LogP contribution >= 0.6 is 0 Å². The van der Waals surface area contributed by atoms with Crippen LogP contribution in [0.25, 0.3) is 0 Å². The lowest BCUT2D eigenvalue weighted by molar-refractivity contribution is -0.384. The molecule has 13 heteroatoms. The SMILES string of the molecule is CC(=O)O[C@H]1[C@@H]([C@H](OC(C)=O)C(N)=O)OC(Nc2ccc([N+](=O)[O-])cc2)[C@@H]1OC(C)=O. The second-order valence-electron chi connectivity index (χ2n) is 6.55. The van der Waals surface area contributed by atoms with Crippen LogP contribution in [0, 0.1) is 10.1 Å². The van der Waals surface area contributed by atoms with E-state index >= 15 is 0 Å². The number of nitro groups is 1. The zero-order valence-corrected chi connectivity index (χ0v) is 16.8. The number of rotatable bonds is 8. The zero-order chi connectivity index (χ0) is 23.3. The fourth-order valence-corrected chi connectivity index (χ4v) is 3.00. The van der Waals surface area contributed by atoms with Crippen LogP contribution in [0.2, 0.25) is 0 Å². The monoisotopic (exact) mass is 439 g/mol. The van der Waals surface area contributed by atoms with Crippen molar-refractivity contribution in [1.82, 2.24) is 0 Å². The van der Waals surface area contributed by atoms with E-state index in [2.05, 4.69) is 5.32 Å². The number of hydrogen-bond acceptors (Lipinski definition) is 11. The van der Waals surface area contributed by atoms with Crippen LogP contribution < -0.4 is 11.1 Å². The molecule has 1 unspecified atom stereocenters. The van der Waals surface area contributed by atoms with Gasteiger partial charge >= 0.3 is 17.9 Å². The molecule has 1 heterocycles. The first-order chi connectivity index (χ1) is 14.5. The van der Waals surface area contributed by atoms with Crippen LogP contribution in [-0.2, 0) is 38.1 Å². The number of hydrogen-bond donors (Lipinski definition) is 2. The minimum Gasteiger partial charge on any atom is -0.455 e. The number of nitrogens with zero attached hydrogens (tertiary/aromatic N) is 1. The van der Waals surface area contributed by atoms with E-state index in [1.54, 1.807) is 0 Å². The fourth-order valence-electron chi connectivity index (χ4n) is 3.00. The van der Waals surface area contributed by atoms with Crippen molar-refractivity contribution >= 4 is 35.2 Å². The number of amides is 1. The first-order valence-corrected chi connectivity index (χ1v) is 8.97. The Morgan fingerprint density at radius 1 is 1.03 bits per heavy atom. The van der Waals surface area contributed by atoms with Gasteiger partial charge in [-0.1, -0.05) is 0 Å². The van der Waals surface area contributed by atoms with Gasteiger partial charge in [0.15, 0.2) is 18.4 Å². The summed E-state index contributed by atoms with van der Waals surface area (Å²) in [4.78, 5) is 56.8. The lowest BCUT2D eigenvalue weighted by Gasteiger charge is -2.26. The molecule has 0 aromatic heterocycles. The van der Waals surface area contributed by atoms with Crippen molar-refractivity contribution in [2.45, 2.75) is 51.4 Å². The van der Waals surface area contributed by atoms with Crippen LogP contribution in [0.5, 0.6) is 0 Å². The molecule has 0 bridgehead atoms. The number of carbonyl (C=O) groups excluding carboxylic acids is 4. The molecule has 1 amide bonds. The average Bonchev–Trinajstić information content (AvgIpc) is 2.95. The number of nitrogens with two attached hydrogens (primary N) is 1. The Balaban J connectivity index is 2.38. The van der Waals surface area contributed by atoms with E-state index in [0.717, 1.165) is 20.8 Å². The number of esters is 3. The normalized spacial score (nSPS) is 23.3.